The van der Waals surface area contributed by atoms with E-state index in [0.717, 1.165) is 49.2 Å². The van der Waals surface area contributed by atoms with Crippen molar-refractivity contribution in [1.82, 2.24) is 10.3 Å². The highest BCUT2D eigenvalue weighted by Gasteiger charge is 2.21. The quantitative estimate of drug-likeness (QED) is 0.823. The van der Waals surface area contributed by atoms with Crippen molar-refractivity contribution >= 4 is 0 Å². The third-order valence-electron chi connectivity index (χ3n) is 2.96. The molecule has 3 heteroatoms. The third kappa shape index (κ3) is 2.23. The van der Waals surface area contributed by atoms with Crippen molar-refractivity contribution < 1.29 is 4.42 Å². The summed E-state index contributed by atoms with van der Waals surface area (Å²) in [6, 6.07) is 0. The van der Waals surface area contributed by atoms with Crippen molar-refractivity contribution in [1.29, 1.82) is 0 Å². The second-order valence-electron chi connectivity index (χ2n) is 4.66. The fourth-order valence-electron chi connectivity index (χ4n) is 1.95. The number of rotatable bonds is 4. The van der Waals surface area contributed by atoms with Crippen LogP contribution in [0.15, 0.2) is 4.42 Å². The van der Waals surface area contributed by atoms with Gasteiger partial charge in [-0.1, -0.05) is 20.8 Å². The first-order valence-electron chi connectivity index (χ1n) is 5.89. The molecule has 0 saturated carbocycles. The predicted octanol–water partition coefficient (Wildman–Crippen LogP) is 2.12. The molecular weight excluding hydrogens is 188 g/mol. The van der Waals surface area contributed by atoms with Crippen LogP contribution < -0.4 is 5.32 Å². The van der Waals surface area contributed by atoms with E-state index in [1.165, 1.54) is 0 Å². The smallest absolute Gasteiger partial charge is 0.195 e. The minimum absolute atomic E-state index is 0.445. The normalized spacial score (nSPS) is 17.1. The molecular formula is C12H20N2O. The summed E-state index contributed by atoms with van der Waals surface area (Å²) < 4.78 is 5.83. The summed E-state index contributed by atoms with van der Waals surface area (Å²) in [5.74, 6) is 3.19. The molecule has 0 aromatic carbocycles. The molecule has 1 aromatic heterocycles. The highest BCUT2D eigenvalue weighted by molar-refractivity contribution is 5.14. The van der Waals surface area contributed by atoms with Crippen LogP contribution in [0.4, 0.5) is 0 Å². The van der Waals surface area contributed by atoms with Gasteiger partial charge in [0.15, 0.2) is 5.89 Å². The molecule has 1 fully saturated rings. The second kappa shape index (κ2) is 4.35. The van der Waals surface area contributed by atoms with Crippen LogP contribution in [0.1, 0.15) is 44.0 Å². The molecule has 1 aliphatic rings. The van der Waals surface area contributed by atoms with Crippen molar-refractivity contribution in [2.75, 3.05) is 13.1 Å². The molecule has 0 bridgehead atoms. The largest absolute Gasteiger partial charge is 0.445 e. The van der Waals surface area contributed by atoms with E-state index < -0.39 is 0 Å². The minimum atomic E-state index is 0.445. The van der Waals surface area contributed by atoms with Crippen LogP contribution in [0, 0.1) is 5.92 Å². The van der Waals surface area contributed by atoms with E-state index in [-0.39, 0.29) is 0 Å². The molecule has 1 aromatic rings. The minimum Gasteiger partial charge on any atom is -0.445 e. The average molecular weight is 208 g/mol. The maximum atomic E-state index is 5.83. The average Bonchev–Trinajstić information content (AvgIpc) is 2.54. The summed E-state index contributed by atoms with van der Waals surface area (Å²) in [5.41, 5.74) is 1.15. The lowest BCUT2D eigenvalue weighted by Gasteiger charge is -2.25. The zero-order valence-electron chi connectivity index (χ0n) is 9.84. The van der Waals surface area contributed by atoms with E-state index in [1.54, 1.807) is 0 Å². The summed E-state index contributed by atoms with van der Waals surface area (Å²) in [5, 5.41) is 3.27. The van der Waals surface area contributed by atoms with Crippen molar-refractivity contribution in [3.8, 4) is 0 Å². The van der Waals surface area contributed by atoms with E-state index in [9.17, 15) is 0 Å². The summed E-state index contributed by atoms with van der Waals surface area (Å²) in [6.45, 7) is 8.68. The molecule has 2 heterocycles. The summed E-state index contributed by atoms with van der Waals surface area (Å²) >= 11 is 0. The summed E-state index contributed by atoms with van der Waals surface area (Å²) in [6.07, 6.45) is 1.96. The van der Waals surface area contributed by atoms with Crippen molar-refractivity contribution in [2.24, 2.45) is 5.92 Å². The van der Waals surface area contributed by atoms with E-state index >= 15 is 0 Å². The first kappa shape index (κ1) is 10.7. The molecule has 0 spiro atoms. The third-order valence-corrected chi connectivity index (χ3v) is 2.96. The van der Waals surface area contributed by atoms with Crippen LogP contribution >= 0.6 is 0 Å². The van der Waals surface area contributed by atoms with Gasteiger partial charge in [0.1, 0.15) is 5.76 Å². The number of nitrogens with one attached hydrogen (secondary N) is 1. The van der Waals surface area contributed by atoms with Gasteiger partial charge >= 0.3 is 0 Å². The van der Waals surface area contributed by atoms with E-state index in [4.69, 9.17) is 4.42 Å². The molecule has 0 radical (unpaired) electrons. The molecule has 3 nitrogen and oxygen atoms in total. The molecule has 84 valence electrons. The Hall–Kier alpha value is -0.830. The highest BCUT2D eigenvalue weighted by Crippen LogP contribution is 2.23. The first-order valence-corrected chi connectivity index (χ1v) is 5.89. The Balaban J connectivity index is 2.10. The Labute approximate surface area is 91.3 Å². The number of aryl methyl sites for hydroxylation is 1. The lowest BCUT2D eigenvalue weighted by molar-refractivity contribution is 0.312. The number of hydrogen-bond acceptors (Lipinski definition) is 3. The van der Waals surface area contributed by atoms with Gasteiger partial charge in [-0.3, -0.25) is 0 Å². The van der Waals surface area contributed by atoms with Gasteiger partial charge in [-0.15, -0.1) is 0 Å². The molecule has 0 aliphatic carbocycles. The number of oxazole rings is 1. The van der Waals surface area contributed by atoms with Gasteiger partial charge in [-0.25, -0.2) is 4.98 Å². The van der Waals surface area contributed by atoms with Gasteiger partial charge in [0, 0.05) is 12.3 Å². The highest BCUT2D eigenvalue weighted by atomic mass is 16.4. The fourth-order valence-corrected chi connectivity index (χ4v) is 1.95. The zero-order chi connectivity index (χ0) is 10.8. The molecule has 1 aliphatic heterocycles. The van der Waals surface area contributed by atoms with Crippen molar-refractivity contribution in [2.45, 2.75) is 39.5 Å². The topological polar surface area (TPSA) is 38.1 Å². The summed E-state index contributed by atoms with van der Waals surface area (Å²) in [7, 11) is 0. The van der Waals surface area contributed by atoms with Gasteiger partial charge < -0.3 is 9.73 Å². The molecule has 1 N–H and O–H groups in total. The molecule has 0 unspecified atom stereocenters. The van der Waals surface area contributed by atoms with E-state index in [2.05, 4.69) is 31.1 Å². The molecule has 2 rings (SSSR count). The molecule has 0 atom stereocenters. The van der Waals surface area contributed by atoms with Crippen LogP contribution in [0.5, 0.6) is 0 Å². The van der Waals surface area contributed by atoms with Gasteiger partial charge in [0.25, 0.3) is 0 Å². The first-order chi connectivity index (χ1) is 7.20. The molecule has 15 heavy (non-hydrogen) atoms. The van der Waals surface area contributed by atoms with Crippen LogP contribution in [0.2, 0.25) is 0 Å². The standard InChI is InChI=1S/C12H20N2O/c1-4-10-12(8(2)3)15-11(14-10)5-9-6-13-7-9/h8-9,13H,4-7H2,1-3H3. The van der Waals surface area contributed by atoms with Crippen molar-refractivity contribution in [3.05, 3.63) is 17.3 Å². The Kier molecular flexibility index (Phi) is 3.10. The SMILES string of the molecule is CCc1nc(CC2CNC2)oc1C(C)C. The number of hydrogen-bond donors (Lipinski definition) is 1. The van der Waals surface area contributed by atoms with E-state index in [1.807, 2.05) is 0 Å². The predicted molar refractivity (Wildman–Crippen MR) is 60.0 cm³/mol. The maximum absolute atomic E-state index is 5.83. The van der Waals surface area contributed by atoms with E-state index in [0.29, 0.717) is 5.92 Å². The van der Waals surface area contributed by atoms with Gasteiger partial charge in [0.2, 0.25) is 0 Å². The van der Waals surface area contributed by atoms with Crippen LogP contribution in [0.25, 0.3) is 0 Å². The van der Waals surface area contributed by atoms with Gasteiger partial charge in [0.05, 0.1) is 5.69 Å². The molecule has 1 saturated heterocycles. The lowest BCUT2D eigenvalue weighted by Crippen LogP contribution is -2.43. The Morgan fingerprint density at radius 1 is 1.47 bits per heavy atom. The van der Waals surface area contributed by atoms with Crippen molar-refractivity contribution in [3.63, 3.8) is 0 Å². The lowest BCUT2D eigenvalue weighted by atomic mass is 10.00. The monoisotopic (exact) mass is 208 g/mol. The Morgan fingerprint density at radius 3 is 2.60 bits per heavy atom. The number of nitrogens with zero attached hydrogens (tertiary/aromatic N) is 1. The number of aromatic nitrogens is 1. The Bertz CT molecular complexity index is 326. The maximum Gasteiger partial charge on any atom is 0.195 e. The zero-order valence-corrected chi connectivity index (χ0v) is 9.84. The fraction of sp³-hybridized carbons (Fsp3) is 0.750. The summed E-state index contributed by atoms with van der Waals surface area (Å²) in [4.78, 5) is 4.58. The van der Waals surface area contributed by atoms with Crippen LogP contribution in [0.3, 0.4) is 0 Å². The van der Waals surface area contributed by atoms with Gasteiger partial charge in [-0.05, 0) is 25.4 Å². The van der Waals surface area contributed by atoms with Crippen LogP contribution in [-0.4, -0.2) is 18.1 Å². The second-order valence-corrected chi connectivity index (χ2v) is 4.66. The molecule has 0 amide bonds. The van der Waals surface area contributed by atoms with Gasteiger partial charge in [-0.2, -0.15) is 0 Å². The van der Waals surface area contributed by atoms with Crippen LogP contribution in [-0.2, 0) is 12.8 Å². The Morgan fingerprint density at radius 2 is 2.20 bits per heavy atom.